The number of benzene rings is 1. The van der Waals surface area contributed by atoms with E-state index in [2.05, 4.69) is 30.1 Å². The minimum Gasteiger partial charge on any atom is -0.368 e. The van der Waals surface area contributed by atoms with Crippen molar-refractivity contribution >= 4 is 29.2 Å². The predicted octanol–water partition coefficient (Wildman–Crippen LogP) is 4.01. The van der Waals surface area contributed by atoms with E-state index in [0.717, 1.165) is 17.8 Å². The fraction of sp³-hybridized carbons (Fsp3) is 0.111. The zero-order valence-electron chi connectivity index (χ0n) is 15.7. The molecule has 2 N–H and O–H groups in total. The van der Waals surface area contributed by atoms with Gasteiger partial charge in [0.05, 0.1) is 5.56 Å². The third-order valence-corrected chi connectivity index (χ3v) is 4.37. The molecule has 0 bridgehead atoms. The summed E-state index contributed by atoms with van der Waals surface area (Å²) in [6, 6.07) is 11.1. The standard InChI is InChI=1S/C18H12ClF3N8O/c1-30(9-5-3-2-4-6-9)17-27-13(26-16(23)28-17)14-25-15(31-29-14)10-7-8-11(18(20,21)22)24-12(10)19/h2-8H,1H3,(H2,23,26,27,28). The third kappa shape index (κ3) is 4.23. The number of nitrogens with two attached hydrogens (primary N) is 1. The van der Waals surface area contributed by atoms with E-state index in [9.17, 15) is 13.2 Å². The van der Waals surface area contributed by atoms with Crippen LogP contribution in [0, 0.1) is 0 Å². The molecule has 158 valence electrons. The van der Waals surface area contributed by atoms with Crippen LogP contribution >= 0.6 is 11.6 Å². The van der Waals surface area contributed by atoms with Gasteiger partial charge >= 0.3 is 6.18 Å². The monoisotopic (exact) mass is 448 g/mol. The molecule has 0 aliphatic heterocycles. The Morgan fingerprint density at radius 3 is 2.35 bits per heavy atom. The molecule has 0 aliphatic carbocycles. The van der Waals surface area contributed by atoms with E-state index in [4.69, 9.17) is 21.9 Å². The van der Waals surface area contributed by atoms with Gasteiger partial charge < -0.3 is 15.2 Å². The normalized spacial score (nSPS) is 11.5. The first kappa shape index (κ1) is 20.5. The highest BCUT2D eigenvalue weighted by molar-refractivity contribution is 6.31. The fourth-order valence-electron chi connectivity index (χ4n) is 2.57. The van der Waals surface area contributed by atoms with Crippen molar-refractivity contribution in [1.29, 1.82) is 0 Å². The van der Waals surface area contributed by atoms with Gasteiger partial charge in [0.1, 0.15) is 10.8 Å². The molecule has 0 atom stereocenters. The van der Waals surface area contributed by atoms with Crippen molar-refractivity contribution in [3.05, 3.63) is 53.3 Å². The number of hydrogen-bond acceptors (Lipinski definition) is 9. The highest BCUT2D eigenvalue weighted by Crippen LogP contribution is 2.33. The minimum absolute atomic E-state index is 0.0104. The molecular formula is C18H12ClF3N8O. The van der Waals surface area contributed by atoms with Gasteiger partial charge in [-0.15, -0.1) is 0 Å². The molecule has 4 rings (SSSR count). The summed E-state index contributed by atoms with van der Waals surface area (Å²) in [5, 5.41) is 3.33. The first-order chi connectivity index (χ1) is 14.7. The molecule has 0 saturated heterocycles. The maximum absolute atomic E-state index is 12.8. The Morgan fingerprint density at radius 2 is 1.68 bits per heavy atom. The molecule has 0 spiro atoms. The molecule has 0 amide bonds. The number of pyridine rings is 1. The molecule has 0 radical (unpaired) electrons. The zero-order chi connectivity index (χ0) is 22.2. The van der Waals surface area contributed by atoms with Crippen LogP contribution in [0.5, 0.6) is 0 Å². The highest BCUT2D eigenvalue weighted by Gasteiger charge is 2.33. The molecule has 0 unspecified atom stereocenters. The van der Waals surface area contributed by atoms with E-state index in [0.29, 0.717) is 0 Å². The number of halogens is 4. The van der Waals surface area contributed by atoms with E-state index in [-0.39, 0.29) is 35.0 Å². The highest BCUT2D eigenvalue weighted by atomic mass is 35.5. The Labute approximate surface area is 177 Å². The Bertz CT molecular complexity index is 1230. The molecule has 3 heterocycles. The van der Waals surface area contributed by atoms with Gasteiger partial charge in [-0.3, -0.25) is 0 Å². The van der Waals surface area contributed by atoms with Gasteiger partial charge in [0.25, 0.3) is 5.89 Å². The maximum atomic E-state index is 12.8. The Kier molecular flexibility index (Phi) is 5.15. The van der Waals surface area contributed by atoms with Gasteiger partial charge in [-0.1, -0.05) is 35.0 Å². The second-order valence-corrected chi connectivity index (χ2v) is 6.53. The average Bonchev–Trinajstić information content (AvgIpc) is 3.22. The molecular weight excluding hydrogens is 437 g/mol. The van der Waals surface area contributed by atoms with Crippen molar-refractivity contribution in [3.8, 4) is 23.1 Å². The van der Waals surface area contributed by atoms with Crippen molar-refractivity contribution < 1.29 is 17.7 Å². The van der Waals surface area contributed by atoms with Crippen LogP contribution < -0.4 is 10.6 Å². The zero-order valence-corrected chi connectivity index (χ0v) is 16.4. The largest absolute Gasteiger partial charge is 0.433 e. The predicted molar refractivity (Wildman–Crippen MR) is 105 cm³/mol. The number of rotatable bonds is 4. The quantitative estimate of drug-likeness (QED) is 0.461. The van der Waals surface area contributed by atoms with Crippen LogP contribution in [-0.2, 0) is 6.18 Å². The number of alkyl halides is 3. The number of nitrogen functional groups attached to an aromatic ring is 1. The fourth-order valence-corrected chi connectivity index (χ4v) is 2.81. The van der Waals surface area contributed by atoms with Gasteiger partial charge in [0.2, 0.25) is 23.5 Å². The van der Waals surface area contributed by atoms with E-state index in [1.54, 1.807) is 11.9 Å². The van der Waals surface area contributed by atoms with Gasteiger partial charge in [-0.2, -0.15) is 33.1 Å². The van der Waals surface area contributed by atoms with Crippen molar-refractivity contribution in [2.45, 2.75) is 6.18 Å². The smallest absolute Gasteiger partial charge is 0.368 e. The first-order valence-corrected chi connectivity index (χ1v) is 8.98. The molecule has 1 aromatic carbocycles. The number of anilines is 3. The Hall–Kier alpha value is -3.80. The van der Waals surface area contributed by atoms with Gasteiger partial charge in [-0.25, -0.2) is 4.98 Å². The molecule has 4 aromatic rings. The average molecular weight is 449 g/mol. The topological polar surface area (TPSA) is 120 Å². The van der Waals surface area contributed by atoms with Crippen LogP contribution in [-0.4, -0.2) is 37.1 Å². The second kappa shape index (κ2) is 7.80. The summed E-state index contributed by atoms with van der Waals surface area (Å²) >= 11 is 5.88. The SMILES string of the molecule is CN(c1ccccc1)c1nc(N)nc(-c2noc(-c3ccc(C(F)(F)F)nc3Cl)n2)n1. The van der Waals surface area contributed by atoms with Crippen molar-refractivity contribution in [1.82, 2.24) is 30.1 Å². The van der Waals surface area contributed by atoms with Gasteiger partial charge in [-0.05, 0) is 24.3 Å². The summed E-state index contributed by atoms with van der Waals surface area (Å²) < 4.78 is 43.5. The lowest BCUT2D eigenvalue weighted by Gasteiger charge is -2.17. The number of para-hydroxylation sites is 1. The number of aromatic nitrogens is 6. The van der Waals surface area contributed by atoms with Crippen LogP contribution in [0.3, 0.4) is 0 Å². The van der Waals surface area contributed by atoms with E-state index in [1.165, 1.54) is 0 Å². The molecule has 13 heteroatoms. The lowest BCUT2D eigenvalue weighted by atomic mass is 10.2. The van der Waals surface area contributed by atoms with Crippen molar-refractivity contribution in [2.75, 3.05) is 17.7 Å². The van der Waals surface area contributed by atoms with E-state index >= 15 is 0 Å². The summed E-state index contributed by atoms with van der Waals surface area (Å²) in [6.45, 7) is 0. The van der Waals surface area contributed by atoms with Crippen LogP contribution in [0.25, 0.3) is 23.1 Å². The maximum Gasteiger partial charge on any atom is 0.433 e. The van der Waals surface area contributed by atoms with Gasteiger partial charge in [0, 0.05) is 12.7 Å². The van der Waals surface area contributed by atoms with E-state index < -0.39 is 17.0 Å². The van der Waals surface area contributed by atoms with Crippen LogP contribution in [0.4, 0.5) is 30.8 Å². The summed E-state index contributed by atoms with van der Waals surface area (Å²) in [4.78, 5) is 21.5. The summed E-state index contributed by atoms with van der Waals surface area (Å²) in [5.74, 6) is -0.0464. The lowest BCUT2D eigenvalue weighted by molar-refractivity contribution is -0.141. The molecule has 0 fully saturated rings. The second-order valence-electron chi connectivity index (χ2n) is 6.17. The Balaban J connectivity index is 1.68. The van der Waals surface area contributed by atoms with Crippen molar-refractivity contribution in [2.24, 2.45) is 0 Å². The molecule has 9 nitrogen and oxygen atoms in total. The van der Waals surface area contributed by atoms with Gasteiger partial charge in [0.15, 0.2) is 0 Å². The first-order valence-electron chi connectivity index (χ1n) is 8.61. The third-order valence-electron chi connectivity index (χ3n) is 4.08. The Morgan fingerprint density at radius 1 is 0.935 bits per heavy atom. The molecule has 3 aromatic heterocycles. The lowest BCUT2D eigenvalue weighted by Crippen LogP contribution is -2.15. The van der Waals surface area contributed by atoms with Crippen LogP contribution in [0.2, 0.25) is 5.15 Å². The molecule has 0 saturated carbocycles. The van der Waals surface area contributed by atoms with E-state index in [1.807, 2.05) is 30.3 Å². The van der Waals surface area contributed by atoms with Crippen LogP contribution in [0.1, 0.15) is 5.69 Å². The van der Waals surface area contributed by atoms with Crippen molar-refractivity contribution in [3.63, 3.8) is 0 Å². The minimum atomic E-state index is -4.63. The number of hydrogen-bond donors (Lipinski definition) is 1. The van der Waals surface area contributed by atoms with Crippen LogP contribution in [0.15, 0.2) is 47.0 Å². The number of nitrogens with zero attached hydrogens (tertiary/aromatic N) is 7. The summed E-state index contributed by atoms with van der Waals surface area (Å²) in [6.07, 6.45) is -4.63. The summed E-state index contributed by atoms with van der Waals surface area (Å²) in [7, 11) is 1.74. The molecule has 31 heavy (non-hydrogen) atoms. The molecule has 0 aliphatic rings. The summed E-state index contributed by atoms with van der Waals surface area (Å²) in [5.41, 5.74) is 5.49.